The normalized spacial score (nSPS) is 8.90. The van der Waals surface area contributed by atoms with Gasteiger partial charge in [0.2, 0.25) is 5.95 Å². The van der Waals surface area contributed by atoms with Crippen LogP contribution in [-0.2, 0) is 0 Å². The molecule has 1 heterocycles. The van der Waals surface area contributed by atoms with Gasteiger partial charge in [-0.05, 0) is 18.6 Å². The number of aryl methyl sites for hydroxylation is 1. The topological polar surface area (TPSA) is 36.7 Å². The third-order valence-corrected chi connectivity index (χ3v) is 1.10. The van der Waals surface area contributed by atoms with Crippen molar-refractivity contribution in [3.63, 3.8) is 0 Å². The van der Waals surface area contributed by atoms with E-state index in [0.29, 0.717) is 0 Å². The average Bonchev–Trinajstić information content (AvgIpc) is 1.94. The first-order valence-corrected chi connectivity index (χ1v) is 2.76. The quantitative estimate of drug-likeness (QED) is 0.505. The van der Waals surface area contributed by atoms with E-state index in [9.17, 15) is 4.39 Å². The van der Waals surface area contributed by atoms with Gasteiger partial charge in [-0.15, -0.1) is 0 Å². The molecule has 50 valence electrons. The van der Waals surface area contributed by atoms with Gasteiger partial charge in [0.1, 0.15) is 11.6 Å². The predicted octanol–water partition coefficient (Wildman–Crippen LogP) is 1.40. The van der Waals surface area contributed by atoms with Gasteiger partial charge in [-0.3, -0.25) is 0 Å². The van der Waals surface area contributed by atoms with E-state index in [1.807, 2.05) is 0 Å². The van der Waals surface area contributed by atoms with Crippen molar-refractivity contribution in [1.29, 1.82) is 5.26 Å². The van der Waals surface area contributed by atoms with Gasteiger partial charge in [-0.1, -0.05) is 0 Å². The van der Waals surface area contributed by atoms with Crippen LogP contribution in [0.25, 0.3) is 0 Å². The van der Waals surface area contributed by atoms with Crippen molar-refractivity contribution in [3.8, 4) is 6.07 Å². The highest BCUT2D eigenvalue weighted by atomic mass is 19.1. The van der Waals surface area contributed by atoms with E-state index >= 15 is 0 Å². The Hall–Kier alpha value is -1.43. The predicted molar refractivity (Wildman–Crippen MR) is 33.6 cm³/mol. The van der Waals surface area contributed by atoms with Gasteiger partial charge in [-0.25, -0.2) is 4.98 Å². The van der Waals surface area contributed by atoms with Gasteiger partial charge in [0.05, 0.1) is 0 Å². The van der Waals surface area contributed by atoms with E-state index in [2.05, 4.69) is 4.98 Å². The Morgan fingerprint density at radius 1 is 1.70 bits per heavy atom. The molecule has 1 rings (SSSR count). The van der Waals surface area contributed by atoms with Gasteiger partial charge in [0.25, 0.3) is 0 Å². The van der Waals surface area contributed by atoms with Gasteiger partial charge in [0, 0.05) is 6.20 Å². The maximum Gasteiger partial charge on any atom is 0.230 e. The van der Waals surface area contributed by atoms with Crippen molar-refractivity contribution in [2.45, 2.75) is 6.92 Å². The molecule has 0 N–H and O–H groups in total. The molecule has 0 atom stereocenters. The summed E-state index contributed by atoms with van der Waals surface area (Å²) in [6, 6.07) is 3.16. The Kier molecular flexibility index (Phi) is 1.63. The minimum atomic E-state index is -0.701. The number of pyridine rings is 1. The summed E-state index contributed by atoms with van der Waals surface area (Å²) in [4.78, 5) is 3.36. The highest BCUT2D eigenvalue weighted by Crippen LogP contribution is 2.03. The molecule has 0 radical (unpaired) electrons. The van der Waals surface area contributed by atoms with Crippen LogP contribution in [0.15, 0.2) is 12.3 Å². The van der Waals surface area contributed by atoms with E-state index in [1.54, 1.807) is 13.0 Å². The molecule has 0 amide bonds. The van der Waals surface area contributed by atoms with Crippen LogP contribution in [0, 0.1) is 24.2 Å². The first-order chi connectivity index (χ1) is 4.74. The third kappa shape index (κ3) is 1.11. The Morgan fingerprint density at radius 3 is 2.90 bits per heavy atom. The minimum Gasteiger partial charge on any atom is -0.227 e. The Morgan fingerprint density at radius 2 is 2.40 bits per heavy atom. The van der Waals surface area contributed by atoms with Crippen LogP contribution in [0.3, 0.4) is 0 Å². The molecule has 0 aliphatic rings. The standard InChI is InChI=1S/C7H5FN2/c1-5-2-6(3-9)7(8)10-4-5/h2,4H,1H3. The lowest BCUT2D eigenvalue weighted by molar-refractivity contribution is 0.579. The van der Waals surface area contributed by atoms with Crippen LogP contribution in [0.1, 0.15) is 11.1 Å². The molecule has 1 aromatic heterocycles. The second-order valence-corrected chi connectivity index (χ2v) is 1.96. The Bertz CT molecular complexity index is 288. The molecule has 0 fully saturated rings. The molecule has 0 aromatic carbocycles. The van der Waals surface area contributed by atoms with Crippen LogP contribution in [0.5, 0.6) is 0 Å². The molecule has 0 unspecified atom stereocenters. The van der Waals surface area contributed by atoms with Crippen molar-refractivity contribution < 1.29 is 4.39 Å². The summed E-state index contributed by atoms with van der Waals surface area (Å²) in [5.41, 5.74) is 0.790. The Balaban J connectivity index is 3.25. The van der Waals surface area contributed by atoms with Crippen molar-refractivity contribution in [1.82, 2.24) is 4.98 Å². The Labute approximate surface area is 57.9 Å². The SMILES string of the molecule is Cc1cnc(F)c(C#N)c1. The van der Waals surface area contributed by atoms with E-state index in [-0.39, 0.29) is 5.56 Å². The van der Waals surface area contributed by atoms with Crippen molar-refractivity contribution in [3.05, 3.63) is 29.3 Å². The zero-order chi connectivity index (χ0) is 7.56. The number of hydrogen-bond acceptors (Lipinski definition) is 2. The first-order valence-electron chi connectivity index (χ1n) is 2.76. The van der Waals surface area contributed by atoms with Crippen molar-refractivity contribution >= 4 is 0 Å². The maximum atomic E-state index is 12.4. The number of halogens is 1. The van der Waals surface area contributed by atoms with Crippen LogP contribution >= 0.6 is 0 Å². The molecule has 2 nitrogen and oxygen atoms in total. The van der Waals surface area contributed by atoms with E-state index in [1.165, 1.54) is 12.3 Å². The smallest absolute Gasteiger partial charge is 0.227 e. The molecule has 0 aliphatic carbocycles. The van der Waals surface area contributed by atoms with E-state index in [4.69, 9.17) is 5.26 Å². The number of rotatable bonds is 0. The van der Waals surface area contributed by atoms with Crippen LogP contribution in [0.4, 0.5) is 4.39 Å². The summed E-state index contributed by atoms with van der Waals surface area (Å²) in [5.74, 6) is -0.701. The summed E-state index contributed by atoms with van der Waals surface area (Å²) in [6.45, 7) is 1.76. The van der Waals surface area contributed by atoms with Crippen molar-refractivity contribution in [2.75, 3.05) is 0 Å². The highest BCUT2D eigenvalue weighted by Gasteiger charge is 2.00. The molecular formula is C7H5FN2. The zero-order valence-corrected chi connectivity index (χ0v) is 5.43. The molecule has 0 aliphatic heterocycles. The fourth-order valence-corrected chi connectivity index (χ4v) is 0.631. The molecule has 1 aromatic rings. The molecule has 0 saturated carbocycles. The average molecular weight is 136 g/mol. The minimum absolute atomic E-state index is 0.000000000000000222. The second-order valence-electron chi connectivity index (χ2n) is 1.96. The summed E-state index contributed by atoms with van der Waals surface area (Å²) >= 11 is 0. The van der Waals surface area contributed by atoms with Crippen LogP contribution in [-0.4, -0.2) is 4.98 Å². The number of nitrogens with zero attached hydrogens (tertiary/aromatic N) is 2. The van der Waals surface area contributed by atoms with Gasteiger partial charge < -0.3 is 0 Å². The lowest BCUT2D eigenvalue weighted by atomic mass is 10.2. The monoisotopic (exact) mass is 136 g/mol. The molecular weight excluding hydrogens is 131 g/mol. The van der Waals surface area contributed by atoms with Gasteiger partial charge in [0.15, 0.2) is 0 Å². The first kappa shape index (κ1) is 6.69. The van der Waals surface area contributed by atoms with Crippen molar-refractivity contribution in [2.24, 2.45) is 0 Å². The number of hydrogen-bond donors (Lipinski definition) is 0. The largest absolute Gasteiger partial charge is 0.230 e. The van der Waals surface area contributed by atoms with E-state index in [0.717, 1.165) is 5.56 Å². The van der Waals surface area contributed by atoms with Gasteiger partial charge in [-0.2, -0.15) is 9.65 Å². The summed E-state index contributed by atoms with van der Waals surface area (Å²) in [6.07, 6.45) is 1.39. The lowest BCUT2D eigenvalue weighted by Crippen LogP contribution is -1.88. The summed E-state index contributed by atoms with van der Waals surface area (Å²) in [7, 11) is 0. The van der Waals surface area contributed by atoms with Crippen LogP contribution in [0.2, 0.25) is 0 Å². The zero-order valence-electron chi connectivity index (χ0n) is 5.43. The summed E-state index contributed by atoms with van der Waals surface area (Å²) in [5, 5.41) is 8.31. The molecule has 10 heavy (non-hydrogen) atoms. The van der Waals surface area contributed by atoms with E-state index < -0.39 is 5.95 Å². The fourth-order valence-electron chi connectivity index (χ4n) is 0.631. The molecule has 0 bridgehead atoms. The van der Waals surface area contributed by atoms with Crippen LogP contribution < -0.4 is 0 Å². The molecule has 3 heteroatoms. The fraction of sp³-hybridized carbons (Fsp3) is 0.143. The number of nitriles is 1. The molecule has 0 spiro atoms. The number of aromatic nitrogens is 1. The summed E-state index contributed by atoms with van der Waals surface area (Å²) < 4.78 is 12.4. The lowest BCUT2D eigenvalue weighted by Gasteiger charge is -1.91. The molecule has 0 saturated heterocycles. The maximum absolute atomic E-state index is 12.4. The third-order valence-electron chi connectivity index (χ3n) is 1.10. The second kappa shape index (κ2) is 2.44. The van der Waals surface area contributed by atoms with Gasteiger partial charge >= 0.3 is 0 Å². The highest BCUT2D eigenvalue weighted by molar-refractivity contribution is 5.29.